The van der Waals surface area contributed by atoms with Gasteiger partial charge in [-0.25, -0.2) is 0 Å². The second kappa shape index (κ2) is 3.13. The Morgan fingerprint density at radius 3 is 2.78 bits per heavy atom. The van der Waals surface area contributed by atoms with Gasteiger partial charge in [0.25, 0.3) is 0 Å². The van der Waals surface area contributed by atoms with Crippen LogP contribution in [0.4, 0.5) is 0 Å². The molecule has 0 aliphatic heterocycles. The summed E-state index contributed by atoms with van der Waals surface area (Å²) in [5.41, 5.74) is 1.11. The molecule has 0 saturated carbocycles. The number of alkyl halides is 1. The molecule has 9 heavy (non-hydrogen) atoms. The summed E-state index contributed by atoms with van der Waals surface area (Å²) < 4.78 is 0.784. The van der Waals surface area contributed by atoms with Crippen LogP contribution < -0.4 is 0 Å². The van der Waals surface area contributed by atoms with E-state index in [9.17, 15) is 0 Å². The Morgan fingerprint density at radius 2 is 2.33 bits per heavy atom. The molecule has 1 N–H and O–H groups in total. The van der Waals surface area contributed by atoms with Gasteiger partial charge in [-0.1, -0.05) is 34.2 Å². The second-order valence-electron chi connectivity index (χ2n) is 1.67. The zero-order valence-corrected chi connectivity index (χ0v) is 7.13. The Morgan fingerprint density at radius 1 is 1.56 bits per heavy atom. The summed E-state index contributed by atoms with van der Waals surface area (Å²) in [7, 11) is 0. The first-order valence-electron chi connectivity index (χ1n) is 2.57. The lowest BCUT2D eigenvalue weighted by Gasteiger charge is -1.91. The molecule has 0 aliphatic carbocycles. The van der Waals surface area contributed by atoms with Crippen LogP contribution in [0.15, 0.2) is 18.2 Å². The zero-order valence-electron chi connectivity index (χ0n) is 4.73. The van der Waals surface area contributed by atoms with E-state index < -0.39 is 0 Å². The lowest BCUT2D eigenvalue weighted by molar-refractivity contribution is 1.17. The van der Waals surface area contributed by atoms with Crippen LogP contribution in [0.25, 0.3) is 0 Å². The Hall–Kier alpha value is -0.150. The molecule has 0 aliphatic rings. The van der Waals surface area contributed by atoms with Gasteiger partial charge >= 0.3 is 0 Å². The molecule has 0 spiro atoms. The van der Waals surface area contributed by atoms with Crippen LogP contribution in [0.5, 0.6) is 0 Å². The second-order valence-corrected chi connectivity index (χ2v) is 2.67. The molecule has 1 nitrogen and oxygen atoms in total. The molecule has 1 aromatic rings. The fourth-order valence-electron chi connectivity index (χ4n) is 0.571. The van der Waals surface area contributed by atoms with Crippen molar-refractivity contribution in [3.05, 3.63) is 28.5 Å². The van der Waals surface area contributed by atoms with E-state index in [0.29, 0.717) is 0 Å². The molecule has 0 aromatic carbocycles. The standard InChI is InChI=1S/C6H6BrNS/c7-4-5-2-1-3-6(9)8-5/h1-3H,4H2,(H,8,9). The fraction of sp³-hybridized carbons (Fsp3) is 0.167. The Labute approximate surface area is 67.2 Å². The number of aromatic amines is 1. The molecule has 0 unspecified atom stereocenters. The molecular formula is C6H6BrNS. The van der Waals surface area contributed by atoms with Crippen LogP contribution in [0.1, 0.15) is 5.69 Å². The first-order chi connectivity index (χ1) is 4.33. The molecule has 1 rings (SSSR count). The van der Waals surface area contributed by atoms with Crippen molar-refractivity contribution < 1.29 is 0 Å². The van der Waals surface area contributed by atoms with E-state index in [4.69, 9.17) is 12.2 Å². The lowest BCUT2D eigenvalue weighted by Crippen LogP contribution is -1.81. The van der Waals surface area contributed by atoms with Crippen molar-refractivity contribution in [2.75, 3.05) is 0 Å². The summed E-state index contributed by atoms with van der Waals surface area (Å²) in [6.07, 6.45) is 0. The highest BCUT2D eigenvalue weighted by atomic mass is 79.9. The van der Waals surface area contributed by atoms with Gasteiger partial charge in [-0.15, -0.1) is 0 Å². The quantitative estimate of drug-likeness (QED) is 0.549. The number of H-pyrrole nitrogens is 1. The van der Waals surface area contributed by atoms with Gasteiger partial charge in [0.1, 0.15) is 4.64 Å². The lowest BCUT2D eigenvalue weighted by atomic mass is 10.4. The molecule has 0 fully saturated rings. The van der Waals surface area contributed by atoms with E-state index in [-0.39, 0.29) is 0 Å². The molecule has 48 valence electrons. The van der Waals surface area contributed by atoms with E-state index in [0.717, 1.165) is 15.7 Å². The van der Waals surface area contributed by atoms with Gasteiger partial charge in [-0.05, 0) is 12.1 Å². The van der Waals surface area contributed by atoms with Gasteiger partial charge < -0.3 is 4.98 Å². The summed E-state index contributed by atoms with van der Waals surface area (Å²) in [5, 5.41) is 0.831. The number of nitrogens with one attached hydrogen (secondary N) is 1. The maximum absolute atomic E-state index is 4.89. The van der Waals surface area contributed by atoms with Crippen molar-refractivity contribution in [2.45, 2.75) is 5.33 Å². The third-order valence-corrected chi connectivity index (χ3v) is 1.81. The van der Waals surface area contributed by atoms with Crippen molar-refractivity contribution in [1.82, 2.24) is 4.98 Å². The summed E-state index contributed by atoms with van der Waals surface area (Å²) in [6, 6.07) is 5.79. The third-order valence-electron chi connectivity index (χ3n) is 0.973. The molecule has 0 amide bonds. The van der Waals surface area contributed by atoms with Crippen LogP contribution >= 0.6 is 28.1 Å². The highest BCUT2D eigenvalue weighted by Gasteiger charge is 1.84. The molecule has 0 radical (unpaired) electrons. The molecule has 1 heterocycles. The first-order valence-corrected chi connectivity index (χ1v) is 4.10. The predicted octanol–water partition coefficient (Wildman–Crippen LogP) is 2.64. The average molecular weight is 204 g/mol. The minimum atomic E-state index is 0.784. The van der Waals surface area contributed by atoms with Gasteiger partial charge in [0.2, 0.25) is 0 Å². The Kier molecular flexibility index (Phi) is 2.42. The molecule has 1 aromatic heterocycles. The summed E-state index contributed by atoms with van der Waals surface area (Å²) >= 11 is 8.20. The van der Waals surface area contributed by atoms with Gasteiger partial charge in [0.15, 0.2) is 0 Å². The van der Waals surface area contributed by atoms with E-state index in [2.05, 4.69) is 20.9 Å². The van der Waals surface area contributed by atoms with E-state index >= 15 is 0 Å². The van der Waals surface area contributed by atoms with Crippen molar-refractivity contribution >= 4 is 28.1 Å². The number of rotatable bonds is 1. The first kappa shape index (κ1) is 6.96. The molecule has 3 heteroatoms. The number of halogens is 1. The summed E-state index contributed by atoms with van der Waals surface area (Å²) in [4.78, 5) is 3.02. The van der Waals surface area contributed by atoms with Crippen LogP contribution in [0, 0.1) is 4.64 Å². The molecular weight excluding hydrogens is 198 g/mol. The van der Waals surface area contributed by atoms with Gasteiger partial charge in [-0.2, -0.15) is 0 Å². The van der Waals surface area contributed by atoms with Crippen LogP contribution in [-0.4, -0.2) is 4.98 Å². The van der Waals surface area contributed by atoms with Crippen LogP contribution in [0.2, 0.25) is 0 Å². The van der Waals surface area contributed by atoms with Crippen molar-refractivity contribution in [2.24, 2.45) is 0 Å². The van der Waals surface area contributed by atoms with Gasteiger partial charge in [0, 0.05) is 11.0 Å². The SMILES string of the molecule is S=c1cccc(CBr)[nH]1. The summed E-state index contributed by atoms with van der Waals surface area (Å²) in [6.45, 7) is 0. The van der Waals surface area contributed by atoms with Crippen LogP contribution in [0.3, 0.4) is 0 Å². The average Bonchev–Trinajstić information content (AvgIpc) is 1.88. The van der Waals surface area contributed by atoms with Crippen molar-refractivity contribution in [1.29, 1.82) is 0 Å². The van der Waals surface area contributed by atoms with E-state index in [1.54, 1.807) is 0 Å². The topological polar surface area (TPSA) is 15.8 Å². The maximum atomic E-state index is 4.89. The predicted molar refractivity (Wildman–Crippen MR) is 44.3 cm³/mol. The molecule has 0 atom stereocenters. The van der Waals surface area contributed by atoms with E-state index in [1.165, 1.54) is 0 Å². The van der Waals surface area contributed by atoms with E-state index in [1.807, 2.05) is 18.2 Å². The normalized spacial score (nSPS) is 9.44. The molecule has 0 bridgehead atoms. The van der Waals surface area contributed by atoms with Crippen LogP contribution in [-0.2, 0) is 5.33 Å². The Balaban J connectivity index is 3.08. The fourth-order valence-corrected chi connectivity index (χ4v) is 1.11. The van der Waals surface area contributed by atoms with Crippen molar-refractivity contribution in [3.63, 3.8) is 0 Å². The summed E-state index contributed by atoms with van der Waals surface area (Å²) in [5.74, 6) is 0. The minimum Gasteiger partial charge on any atom is -0.349 e. The smallest absolute Gasteiger partial charge is 0.103 e. The zero-order chi connectivity index (χ0) is 6.69. The minimum absolute atomic E-state index is 0.784. The highest BCUT2D eigenvalue weighted by Crippen LogP contribution is 1.99. The highest BCUT2D eigenvalue weighted by molar-refractivity contribution is 9.08. The molecule has 0 saturated heterocycles. The third kappa shape index (κ3) is 1.91. The largest absolute Gasteiger partial charge is 0.349 e. The van der Waals surface area contributed by atoms with Gasteiger partial charge in [-0.3, -0.25) is 0 Å². The monoisotopic (exact) mass is 203 g/mol. The number of hydrogen-bond donors (Lipinski definition) is 1. The van der Waals surface area contributed by atoms with Crippen molar-refractivity contribution in [3.8, 4) is 0 Å². The number of aromatic nitrogens is 1. The maximum Gasteiger partial charge on any atom is 0.103 e. The number of hydrogen-bond acceptors (Lipinski definition) is 1. The van der Waals surface area contributed by atoms with Gasteiger partial charge in [0.05, 0.1) is 0 Å². The number of pyridine rings is 1. The Bertz CT molecular complexity index is 243.